The molecule has 0 aliphatic rings. The van der Waals surface area contributed by atoms with Gasteiger partial charge in [0.1, 0.15) is 0 Å². The van der Waals surface area contributed by atoms with Crippen LogP contribution in [0.5, 0.6) is 0 Å². The summed E-state index contributed by atoms with van der Waals surface area (Å²) < 4.78 is 6.38. The highest BCUT2D eigenvalue weighted by Crippen LogP contribution is 2.21. The van der Waals surface area contributed by atoms with Gasteiger partial charge in [0, 0.05) is 23.9 Å². The standard InChI is InChI=1S/C19H16N4O5/c1-2-28-19(25)16-11-12-22(21-16)17-6-4-3-5-15(17)20-18(24)13-7-9-14(10-8-13)23(26)27/h3-12H,2H2,1H3,(H,20,24). The first kappa shape index (κ1) is 18.8. The van der Waals surface area contributed by atoms with Crippen LogP contribution in [0.15, 0.2) is 60.8 Å². The van der Waals surface area contributed by atoms with Crippen molar-refractivity contribution in [3.8, 4) is 5.69 Å². The molecule has 0 aliphatic carbocycles. The molecule has 0 bridgehead atoms. The van der Waals surface area contributed by atoms with Crippen molar-refractivity contribution in [2.45, 2.75) is 6.92 Å². The number of rotatable bonds is 6. The molecule has 0 saturated heterocycles. The summed E-state index contributed by atoms with van der Waals surface area (Å²) in [5.41, 5.74) is 1.34. The monoisotopic (exact) mass is 380 g/mol. The molecule has 1 N–H and O–H groups in total. The summed E-state index contributed by atoms with van der Waals surface area (Å²) in [6.07, 6.45) is 1.59. The number of nitrogens with zero attached hydrogens (tertiary/aromatic N) is 3. The lowest BCUT2D eigenvalue weighted by atomic mass is 10.2. The third-order valence-corrected chi connectivity index (χ3v) is 3.81. The van der Waals surface area contributed by atoms with Crippen molar-refractivity contribution >= 4 is 23.3 Å². The van der Waals surface area contributed by atoms with Gasteiger partial charge in [0.25, 0.3) is 11.6 Å². The van der Waals surface area contributed by atoms with Crippen LogP contribution in [0, 0.1) is 10.1 Å². The van der Waals surface area contributed by atoms with Crippen molar-refractivity contribution in [3.63, 3.8) is 0 Å². The van der Waals surface area contributed by atoms with Gasteiger partial charge in [0.2, 0.25) is 0 Å². The lowest BCUT2D eigenvalue weighted by molar-refractivity contribution is -0.384. The maximum Gasteiger partial charge on any atom is 0.358 e. The van der Waals surface area contributed by atoms with Gasteiger partial charge in [-0.2, -0.15) is 5.10 Å². The van der Waals surface area contributed by atoms with Gasteiger partial charge in [-0.1, -0.05) is 12.1 Å². The lowest BCUT2D eigenvalue weighted by Crippen LogP contribution is -2.14. The molecule has 9 nitrogen and oxygen atoms in total. The fraction of sp³-hybridized carbons (Fsp3) is 0.105. The molecule has 3 aromatic rings. The Bertz CT molecular complexity index is 1030. The van der Waals surface area contributed by atoms with E-state index in [0.29, 0.717) is 11.4 Å². The summed E-state index contributed by atoms with van der Waals surface area (Å²) in [7, 11) is 0. The predicted octanol–water partition coefficient (Wildman–Crippen LogP) is 3.21. The van der Waals surface area contributed by atoms with E-state index in [1.54, 1.807) is 37.4 Å². The minimum absolute atomic E-state index is 0.0972. The number of nitrogens with one attached hydrogen (secondary N) is 1. The summed E-state index contributed by atoms with van der Waals surface area (Å²) in [6, 6.07) is 13.7. The van der Waals surface area contributed by atoms with Gasteiger partial charge in [-0.05, 0) is 37.3 Å². The minimum atomic E-state index is -0.534. The Morgan fingerprint density at radius 2 is 1.86 bits per heavy atom. The second-order valence-corrected chi connectivity index (χ2v) is 5.64. The number of nitro groups is 1. The summed E-state index contributed by atoms with van der Waals surface area (Å²) >= 11 is 0. The summed E-state index contributed by atoms with van der Waals surface area (Å²) in [5.74, 6) is -0.964. The molecule has 9 heteroatoms. The van der Waals surface area contributed by atoms with E-state index in [1.165, 1.54) is 35.0 Å². The zero-order valence-electron chi connectivity index (χ0n) is 14.9. The molecule has 0 atom stereocenters. The van der Waals surface area contributed by atoms with Gasteiger partial charge in [-0.25, -0.2) is 9.48 Å². The smallest absolute Gasteiger partial charge is 0.358 e. The van der Waals surface area contributed by atoms with Crippen molar-refractivity contribution in [1.29, 1.82) is 0 Å². The minimum Gasteiger partial charge on any atom is -0.461 e. The van der Waals surface area contributed by atoms with Crippen molar-refractivity contribution < 1.29 is 19.2 Å². The molecule has 142 valence electrons. The number of carbonyl (C=O) groups excluding carboxylic acids is 2. The average Bonchev–Trinajstić information content (AvgIpc) is 3.19. The molecule has 1 amide bonds. The number of non-ortho nitro benzene ring substituents is 1. The molecule has 0 spiro atoms. The van der Waals surface area contributed by atoms with Crippen LogP contribution >= 0.6 is 0 Å². The van der Waals surface area contributed by atoms with E-state index in [-0.39, 0.29) is 23.6 Å². The summed E-state index contributed by atoms with van der Waals surface area (Å²) in [6.45, 7) is 1.95. The Morgan fingerprint density at radius 3 is 2.54 bits per heavy atom. The van der Waals surface area contributed by atoms with E-state index in [2.05, 4.69) is 10.4 Å². The zero-order valence-corrected chi connectivity index (χ0v) is 14.9. The van der Waals surface area contributed by atoms with E-state index >= 15 is 0 Å². The number of nitro benzene ring substituents is 1. The van der Waals surface area contributed by atoms with Gasteiger partial charge >= 0.3 is 5.97 Å². The fourth-order valence-electron chi connectivity index (χ4n) is 2.48. The SMILES string of the molecule is CCOC(=O)c1ccn(-c2ccccc2NC(=O)c2ccc([N+](=O)[O-])cc2)n1. The number of aromatic nitrogens is 2. The number of para-hydroxylation sites is 2. The first-order valence-corrected chi connectivity index (χ1v) is 8.37. The number of carbonyl (C=O) groups is 2. The van der Waals surface area contributed by atoms with Crippen molar-refractivity contribution in [3.05, 3.63) is 82.2 Å². The molecular formula is C19H16N4O5. The van der Waals surface area contributed by atoms with Gasteiger partial charge in [0.15, 0.2) is 5.69 Å². The van der Waals surface area contributed by atoms with Gasteiger partial charge in [-0.3, -0.25) is 14.9 Å². The molecular weight excluding hydrogens is 364 g/mol. The maximum absolute atomic E-state index is 12.5. The summed E-state index contributed by atoms with van der Waals surface area (Å²) in [4.78, 5) is 34.5. The van der Waals surface area contributed by atoms with E-state index < -0.39 is 16.8 Å². The van der Waals surface area contributed by atoms with Crippen molar-refractivity contribution in [2.75, 3.05) is 11.9 Å². The summed E-state index contributed by atoms with van der Waals surface area (Å²) in [5, 5.41) is 17.7. The number of hydrogen-bond acceptors (Lipinski definition) is 6. The highest BCUT2D eigenvalue weighted by atomic mass is 16.6. The van der Waals surface area contributed by atoms with Crippen LogP contribution in [0.3, 0.4) is 0 Å². The Morgan fingerprint density at radius 1 is 1.14 bits per heavy atom. The lowest BCUT2D eigenvalue weighted by Gasteiger charge is -2.11. The molecule has 0 radical (unpaired) electrons. The van der Waals surface area contributed by atoms with E-state index in [0.717, 1.165) is 0 Å². The van der Waals surface area contributed by atoms with Gasteiger partial charge in [0.05, 0.1) is 22.9 Å². The van der Waals surface area contributed by atoms with Crippen LogP contribution in [-0.4, -0.2) is 33.2 Å². The van der Waals surface area contributed by atoms with Crippen molar-refractivity contribution in [2.24, 2.45) is 0 Å². The normalized spacial score (nSPS) is 10.3. The van der Waals surface area contributed by atoms with Crippen LogP contribution < -0.4 is 5.32 Å². The van der Waals surface area contributed by atoms with Gasteiger partial charge < -0.3 is 10.1 Å². The molecule has 0 unspecified atom stereocenters. The largest absolute Gasteiger partial charge is 0.461 e. The number of amides is 1. The zero-order chi connectivity index (χ0) is 20.1. The van der Waals surface area contributed by atoms with Crippen LogP contribution in [0.1, 0.15) is 27.8 Å². The third kappa shape index (κ3) is 4.04. The molecule has 1 heterocycles. The molecule has 28 heavy (non-hydrogen) atoms. The molecule has 0 saturated carbocycles. The maximum atomic E-state index is 12.5. The fourth-order valence-corrected chi connectivity index (χ4v) is 2.48. The first-order valence-electron chi connectivity index (χ1n) is 8.37. The number of esters is 1. The second-order valence-electron chi connectivity index (χ2n) is 5.64. The Balaban J connectivity index is 1.83. The number of benzene rings is 2. The van der Waals surface area contributed by atoms with Crippen LogP contribution in [0.25, 0.3) is 5.69 Å². The van der Waals surface area contributed by atoms with Crippen LogP contribution in [0.2, 0.25) is 0 Å². The Hall–Kier alpha value is -4.01. The molecule has 3 rings (SSSR count). The number of ether oxygens (including phenoxy) is 1. The number of anilines is 1. The highest BCUT2D eigenvalue weighted by molar-refractivity contribution is 6.05. The van der Waals surface area contributed by atoms with E-state index in [1.807, 2.05) is 0 Å². The molecule has 2 aromatic carbocycles. The topological polar surface area (TPSA) is 116 Å². The van der Waals surface area contributed by atoms with E-state index in [9.17, 15) is 19.7 Å². The number of hydrogen-bond donors (Lipinski definition) is 1. The quantitative estimate of drug-likeness (QED) is 0.399. The van der Waals surface area contributed by atoms with Crippen LogP contribution in [-0.2, 0) is 4.74 Å². The average molecular weight is 380 g/mol. The van der Waals surface area contributed by atoms with Gasteiger partial charge in [-0.15, -0.1) is 0 Å². The molecule has 0 fully saturated rings. The Labute approximate surface area is 159 Å². The van der Waals surface area contributed by atoms with E-state index in [4.69, 9.17) is 4.74 Å². The second kappa shape index (κ2) is 8.12. The van der Waals surface area contributed by atoms with Crippen LogP contribution in [0.4, 0.5) is 11.4 Å². The van der Waals surface area contributed by atoms with Crippen molar-refractivity contribution in [1.82, 2.24) is 9.78 Å². The molecule has 0 aliphatic heterocycles. The highest BCUT2D eigenvalue weighted by Gasteiger charge is 2.15. The molecule has 1 aromatic heterocycles. The first-order chi connectivity index (χ1) is 13.5. The third-order valence-electron chi connectivity index (χ3n) is 3.81. The Kier molecular flexibility index (Phi) is 5.45. The predicted molar refractivity (Wildman–Crippen MR) is 101 cm³/mol.